The first-order valence-electron chi connectivity index (χ1n) is 7.91. The van der Waals surface area contributed by atoms with Gasteiger partial charge in [-0.05, 0) is 30.7 Å². The molecule has 1 amide bonds. The van der Waals surface area contributed by atoms with Crippen LogP contribution in [0.25, 0.3) is 5.69 Å². The van der Waals surface area contributed by atoms with Crippen molar-refractivity contribution in [2.24, 2.45) is 0 Å². The number of nitrogens with zero attached hydrogens (tertiary/aromatic N) is 2. The summed E-state index contributed by atoms with van der Waals surface area (Å²) in [7, 11) is 0. The van der Waals surface area contributed by atoms with Crippen molar-refractivity contribution in [1.82, 2.24) is 15.1 Å². The summed E-state index contributed by atoms with van der Waals surface area (Å²) in [6.07, 6.45) is -4.62. The largest absolute Gasteiger partial charge is 0.412 e. The zero-order valence-electron chi connectivity index (χ0n) is 13.9. The third-order valence-electron chi connectivity index (χ3n) is 3.86. The van der Waals surface area contributed by atoms with Crippen molar-refractivity contribution in [3.63, 3.8) is 0 Å². The van der Waals surface area contributed by atoms with Crippen molar-refractivity contribution in [2.45, 2.75) is 19.1 Å². The summed E-state index contributed by atoms with van der Waals surface area (Å²) in [6.45, 7) is 1.73. The van der Waals surface area contributed by atoms with Crippen LogP contribution >= 0.6 is 0 Å². The molecular formula is C19H16F3N3O. The molecule has 3 rings (SSSR count). The van der Waals surface area contributed by atoms with Gasteiger partial charge in [-0.2, -0.15) is 18.3 Å². The lowest BCUT2D eigenvalue weighted by Crippen LogP contribution is -2.38. The number of para-hydroxylation sites is 1. The fourth-order valence-electron chi connectivity index (χ4n) is 2.62. The van der Waals surface area contributed by atoms with E-state index in [-0.39, 0.29) is 11.3 Å². The molecule has 26 heavy (non-hydrogen) atoms. The molecule has 0 saturated carbocycles. The minimum absolute atomic E-state index is 0.0347. The number of carbonyl (C=O) groups excluding carboxylic acids is 1. The second-order valence-electron chi connectivity index (χ2n) is 5.78. The lowest BCUT2D eigenvalue weighted by Gasteiger charge is -2.21. The van der Waals surface area contributed by atoms with Crippen LogP contribution < -0.4 is 5.32 Å². The fraction of sp³-hybridized carbons (Fsp3) is 0.158. The minimum atomic E-state index is -4.62. The summed E-state index contributed by atoms with van der Waals surface area (Å²) in [4.78, 5) is 12.4. The maximum atomic E-state index is 13.4. The molecule has 1 unspecified atom stereocenters. The van der Waals surface area contributed by atoms with Crippen molar-refractivity contribution in [2.75, 3.05) is 0 Å². The molecule has 2 aromatic carbocycles. The predicted octanol–water partition coefficient (Wildman–Crippen LogP) is 4.21. The van der Waals surface area contributed by atoms with Gasteiger partial charge in [-0.15, -0.1) is 0 Å². The molecule has 1 atom stereocenters. The van der Waals surface area contributed by atoms with Gasteiger partial charge in [0.1, 0.15) is 0 Å². The molecule has 1 heterocycles. The normalized spacial score (nSPS) is 12.6. The van der Waals surface area contributed by atoms with Gasteiger partial charge in [-0.3, -0.25) is 4.79 Å². The first kappa shape index (κ1) is 17.7. The Balaban J connectivity index is 1.87. The van der Waals surface area contributed by atoms with Gasteiger partial charge in [0, 0.05) is 5.69 Å². The van der Waals surface area contributed by atoms with E-state index < -0.39 is 18.1 Å². The van der Waals surface area contributed by atoms with Gasteiger partial charge < -0.3 is 5.32 Å². The number of hydrogen-bond acceptors (Lipinski definition) is 2. The smallest absolute Gasteiger partial charge is 0.335 e. The highest BCUT2D eigenvalue weighted by molar-refractivity contribution is 5.92. The summed E-state index contributed by atoms with van der Waals surface area (Å²) in [6, 6.07) is 15.7. The van der Waals surface area contributed by atoms with Crippen molar-refractivity contribution < 1.29 is 18.0 Å². The van der Waals surface area contributed by atoms with Crippen LogP contribution in [0.2, 0.25) is 0 Å². The molecule has 1 N–H and O–H groups in total. The van der Waals surface area contributed by atoms with E-state index in [1.165, 1.54) is 35.0 Å². The molecule has 0 fully saturated rings. The summed E-state index contributed by atoms with van der Waals surface area (Å²) in [5.41, 5.74) is 1.26. The van der Waals surface area contributed by atoms with E-state index in [1.54, 1.807) is 25.1 Å². The van der Waals surface area contributed by atoms with Gasteiger partial charge >= 0.3 is 6.18 Å². The molecule has 0 aliphatic heterocycles. The van der Waals surface area contributed by atoms with E-state index in [0.717, 1.165) is 5.69 Å². The second kappa shape index (κ2) is 7.03. The Morgan fingerprint density at radius 2 is 1.62 bits per heavy atom. The van der Waals surface area contributed by atoms with Crippen molar-refractivity contribution in [1.29, 1.82) is 0 Å². The number of rotatable bonds is 4. The summed E-state index contributed by atoms with van der Waals surface area (Å²) in [5.74, 6) is -0.881. The molecule has 0 aliphatic rings. The molecule has 3 aromatic rings. The Labute approximate surface area is 148 Å². The van der Waals surface area contributed by atoms with Gasteiger partial charge in [0.15, 0.2) is 11.7 Å². The first-order chi connectivity index (χ1) is 12.4. The van der Waals surface area contributed by atoms with Gasteiger partial charge in [-0.1, -0.05) is 48.5 Å². The zero-order chi connectivity index (χ0) is 18.7. The number of amides is 1. The summed E-state index contributed by atoms with van der Waals surface area (Å²) < 4.78 is 41.7. The number of carbonyl (C=O) groups is 1. The quantitative estimate of drug-likeness (QED) is 0.758. The highest BCUT2D eigenvalue weighted by Gasteiger charge is 2.42. The average Bonchev–Trinajstić information content (AvgIpc) is 3.02. The third-order valence-corrected chi connectivity index (χ3v) is 3.86. The summed E-state index contributed by atoms with van der Waals surface area (Å²) >= 11 is 0. The monoisotopic (exact) mass is 359 g/mol. The van der Waals surface area contributed by atoms with E-state index in [1.807, 2.05) is 23.5 Å². The summed E-state index contributed by atoms with van der Waals surface area (Å²) in [5, 5.41) is 6.19. The lowest BCUT2D eigenvalue weighted by atomic mass is 10.1. The van der Waals surface area contributed by atoms with Crippen molar-refractivity contribution in [3.8, 4) is 5.69 Å². The van der Waals surface area contributed by atoms with Crippen LogP contribution in [0.1, 0.15) is 27.8 Å². The molecule has 0 radical (unpaired) electrons. The molecule has 0 bridgehead atoms. The fourth-order valence-corrected chi connectivity index (χ4v) is 2.62. The number of nitrogens with one attached hydrogen (secondary N) is 1. The van der Waals surface area contributed by atoms with Crippen LogP contribution in [0.15, 0.2) is 66.7 Å². The van der Waals surface area contributed by atoms with Crippen LogP contribution in [-0.2, 0) is 0 Å². The van der Waals surface area contributed by atoms with E-state index in [2.05, 4.69) is 5.10 Å². The second-order valence-corrected chi connectivity index (χ2v) is 5.78. The zero-order valence-corrected chi connectivity index (χ0v) is 13.9. The van der Waals surface area contributed by atoms with Crippen molar-refractivity contribution >= 4 is 5.91 Å². The van der Waals surface area contributed by atoms with E-state index in [0.29, 0.717) is 5.69 Å². The number of aromatic nitrogens is 2. The molecule has 7 heteroatoms. The van der Waals surface area contributed by atoms with E-state index >= 15 is 0 Å². The SMILES string of the molecule is Cc1cc(C(=O)NC(c2ccccc2)C(F)(F)F)nn1-c1ccccc1. The molecular weight excluding hydrogens is 343 g/mol. The minimum Gasteiger partial charge on any atom is -0.335 e. The number of alkyl halides is 3. The Morgan fingerprint density at radius 3 is 2.19 bits per heavy atom. The van der Waals surface area contributed by atoms with Gasteiger partial charge in [0.05, 0.1) is 5.69 Å². The molecule has 0 saturated heterocycles. The Hall–Kier alpha value is -3.09. The van der Waals surface area contributed by atoms with Crippen LogP contribution in [0, 0.1) is 6.92 Å². The number of aryl methyl sites for hydroxylation is 1. The van der Waals surface area contributed by atoms with Crippen LogP contribution in [0.4, 0.5) is 13.2 Å². The van der Waals surface area contributed by atoms with Crippen molar-refractivity contribution in [3.05, 3.63) is 83.7 Å². The van der Waals surface area contributed by atoms with Gasteiger partial charge in [0.2, 0.25) is 0 Å². The topological polar surface area (TPSA) is 46.9 Å². The first-order valence-corrected chi connectivity index (χ1v) is 7.91. The highest BCUT2D eigenvalue weighted by Crippen LogP contribution is 2.32. The van der Waals surface area contributed by atoms with E-state index in [4.69, 9.17) is 0 Å². The Morgan fingerprint density at radius 1 is 1.04 bits per heavy atom. The van der Waals surface area contributed by atoms with Crippen LogP contribution in [0.3, 0.4) is 0 Å². The van der Waals surface area contributed by atoms with Gasteiger partial charge in [-0.25, -0.2) is 4.68 Å². The van der Waals surface area contributed by atoms with Gasteiger partial charge in [0.25, 0.3) is 5.91 Å². The molecule has 4 nitrogen and oxygen atoms in total. The Kier molecular flexibility index (Phi) is 4.79. The predicted molar refractivity (Wildman–Crippen MR) is 91.0 cm³/mol. The van der Waals surface area contributed by atoms with E-state index in [9.17, 15) is 18.0 Å². The standard InChI is InChI=1S/C19H16F3N3O/c1-13-12-16(24-25(13)15-10-6-3-7-11-15)18(26)23-17(19(20,21)22)14-8-4-2-5-9-14/h2-12,17H,1H3,(H,23,26). The number of benzene rings is 2. The molecule has 0 spiro atoms. The number of hydrogen-bond donors (Lipinski definition) is 1. The maximum Gasteiger partial charge on any atom is 0.412 e. The maximum absolute atomic E-state index is 13.4. The highest BCUT2D eigenvalue weighted by atomic mass is 19.4. The molecule has 0 aliphatic carbocycles. The average molecular weight is 359 g/mol. The lowest BCUT2D eigenvalue weighted by molar-refractivity contribution is -0.155. The Bertz CT molecular complexity index is 889. The molecule has 1 aromatic heterocycles. The van der Waals surface area contributed by atoms with Crippen LogP contribution in [-0.4, -0.2) is 21.9 Å². The molecule has 134 valence electrons. The van der Waals surface area contributed by atoms with Crippen LogP contribution in [0.5, 0.6) is 0 Å². The number of halogens is 3. The third kappa shape index (κ3) is 3.77.